The van der Waals surface area contributed by atoms with Crippen LogP contribution in [-0.4, -0.2) is 29.7 Å². The van der Waals surface area contributed by atoms with E-state index in [9.17, 15) is 9.90 Å². The third-order valence-electron chi connectivity index (χ3n) is 5.59. The SMILES string of the molecule is CCCCNC(=O)C(CC(O)C(N)CCC1CCCCC1)C(C)C. The van der Waals surface area contributed by atoms with Gasteiger partial charge in [0.05, 0.1) is 6.10 Å². The maximum atomic E-state index is 12.4. The van der Waals surface area contributed by atoms with Gasteiger partial charge in [-0.1, -0.05) is 59.3 Å². The van der Waals surface area contributed by atoms with Crippen LogP contribution in [-0.2, 0) is 4.79 Å². The Labute approximate surface area is 149 Å². The minimum atomic E-state index is -0.585. The van der Waals surface area contributed by atoms with Gasteiger partial charge in [-0.15, -0.1) is 0 Å². The molecular weight excluding hydrogens is 300 g/mol. The maximum absolute atomic E-state index is 12.4. The predicted octanol–water partition coefficient (Wildman–Crippen LogP) is 3.61. The summed E-state index contributed by atoms with van der Waals surface area (Å²) in [7, 11) is 0. The van der Waals surface area contributed by atoms with Gasteiger partial charge in [-0.05, 0) is 37.5 Å². The molecule has 3 unspecified atom stereocenters. The lowest BCUT2D eigenvalue weighted by molar-refractivity contribution is -0.127. The number of carbonyl (C=O) groups excluding carboxylic acids is 1. The lowest BCUT2D eigenvalue weighted by Gasteiger charge is -2.28. The molecule has 4 nitrogen and oxygen atoms in total. The number of carbonyl (C=O) groups is 1. The topological polar surface area (TPSA) is 75.3 Å². The van der Waals surface area contributed by atoms with Gasteiger partial charge in [-0.3, -0.25) is 4.79 Å². The lowest BCUT2D eigenvalue weighted by atomic mass is 9.83. The normalized spacial score (nSPS) is 19.9. The maximum Gasteiger partial charge on any atom is 0.223 e. The molecule has 0 radical (unpaired) electrons. The van der Waals surface area contributed by atoms with Crippen molar-refractivity contribution >= 4 is 5.91 Å². The summed E-state index contributed by atoms with van der Waals surface area (Å²) in [6.07, 6.45) is 10.6. The van der Waals surface area contributed by atoms with Crippen molar-refractivity contribution in [3.05, 3.63) is 0 Å². The summed E-state index contributed by atoms with van der Waals surface area (Å²) in [6, 6.07) is -0.211. The molecule has 0 aromatic carbocycles. The second-order valence-electron chi connectivity index (χ2n) is 8.04. The van der Waals surface area contributed by atoms with Crippen LogP contribution in [0.25, 0.3) is 0 Å². The molecule has 4 N–H and O–H groups in total. The number of unbranched alkanes of at least 4 members (excludes halogenated alkanes) is 1. The first-order valence-electron chi connectivity index (χ1n) is 10.2. The molecule has 0 heterocycles. The second-order valence-corrected chi connectivity index (χ2v) is 8.04. The van der Waals surface area contributed by atoms with E-state index in [-0.39, 0.29) is 23.8 Å². The number of hydrogen-bond donors (Lipinski definition) is 3. The molecule has 0 aliphatic heterocycles. The van der Waals surface area contributed by atoms with Crippen LogP contribution in [0, 0.1) is 17.8 Å². The Morgan fingerprint density at radius 1 is 1.25 bits per heavy atom. The number of aliphatic hydroxyl groups excluding tert-OH is 1. The predicted molar refractivity (Wildman–Crippen MR) is 101 cm³/mol. The molecule has 4 heteroatoms. The van der Waals surface area contributed by atoms with Crippen LogP contribution in [0.2, 0.25) is 0 Å². The van der Waals surface area contributed by atoms with Crippen molar-refractivity contribution in [3.63, 3.8) is 0 Å². The molecule has 24 heavy (non-hydrogen) atoms. The van der Waals surface area contributed by atoms with Crippen molar-refractivity contribution in [2.45, 2.75) is 97.1 Å². The zero-order valence-corrected chi connectivity index (χ0v) is 16.1. The first-order chi connectivity index (χ1) is 11.5. The van der Waals surface area contributed by atoms with Gasteiger partial charge in [-0.25, -0.2) is 0 Å². The zero-order valence-electron chi connectivity index (χ0n) is 16.1. The molecule has 3 atom stereocenters. The number of amides is 1. The van der Waals surface area contributed by atoms with Crippen LogP contribution < -0.4 is 11.1 Å². The molecule has 142 valence electrons. The van der Waals surface area contributed by atoms with Gasteiger partial charge in [0.25, 0.3) is 0 Å². The summed E-state index contributed by atoms with van der Waals surface area (Å²) in [5.41, 5.74) is 6.22. The van der Waals surface area contributed by atoms with Crippen LogP contribution in [0.5, 0.6) is 0 Å². The molecule has 0 aromatic heterocycles. The molecule has 1 amide bonds. The van der Waals surface area contributed by atoms with Gasteiger partial charge in [0.1, 0.15) is 0 Å². The summed E-state index contributed by atoms with van der Waals surface area (Å²) < 4.78 is 0. The summed E-state index contributed by atoms with van der Waals surface area (Å²) in [6.45, 7) is 6.93. The van der Waals surface area contributed by atoms with Crippen molar-refractivity contribution in [2.24, 2.45) is 23.5 Å². The third kappa shape index (κ3) is 7.98. The van der Waals surface area contributed by atoms with E-state index in [0.717, 1.165) is 38.1 Å². The van der Waals surface area contributed by atoms with Gasteiger partial charge < -0.3 is 16.2 Å². The highest BCUT2D eigenvalue weighted by Crippen LogP contribution is 2.28. The van der Waals surface area contributed by atoms with E-state index in [1.54, 1.807) is 0 Å². The van der Waals surface area contributed by atoms with Gasteiger partial charge in [0, 0.05) is 18.5 Å². The smallest absolute Gasteiger partial charge is 0.223 e. The minimum Gasteiger partial charge on any atom is -0.391 e. The first kappa shape index (κ1) is 21.4. The Hall–Kier alpha value is -0.610. The molecule has 1 rings (SSSR count). The summed E-state index contributed by atoms with van der Waals surface area (Å²) in [4.78, 5) is 12.4. The number of nitrogens with two attached hydrogens (primary N) is 1. The van der Waals surface area contributed by atoms with Crippen molar-refractivity contribution in [2.75, 3.05) is 6.54 Å². The average molecular weight is 341 g/mol. The van der Waals surface area contributed by atoms with Crippen LogP contribution in [0.4, 0.5) is 0 Å². The quantitative estimate of drug-likeness (QED) is 0.503. The average Bonchev–Trinajstić information content (AvgIpc) is 2.58. The van der Waals surface area contributed by atoms with Crippen LogP contribution in [0.1, 0.15) is 85.0 Å². The molecule has 0 saturated heterocycles. The number of rotatable bonds is 11. The van der Waals surface area contributed by atoms with Gasteiger partial charge >= 0.3 is 0 Å². The van der Waals surface area contributed by atoms with Gasteiger partial charge in [-0.2, -0.15) is 0 Å². The largest absolute Gasteiger partial charge is 0.391 e. The molecular formula is C20H40N2O2. The Morgan fingerprint density at radius 2 is 1.92 bits per heavy atom. The van der Waals surface area contributed by atoms with Gasteiger partial charge in [0.2, 0.25) is 5.91 Å². The first-order valence-corrected chi connectivity index (χ1v) is 10.2. The second kappa shape index (κ2) is 11.9. The van der Waals surface area contributed by atoms with Crippen molar-refractivity contribution in [1.82, 2.24) is 5.32 Å². The summed E-state index contributed by atoms with van der Waals surface area (Å²) in [5, 5.41) is 13.5. The lowest BCUT2D eigenvalue weighted by Crippen LogP contribution is -2.41. The van der Waals surface area contributed by atoms with Crippen molar-refractivity contribution in [3.8, 4) is 0 Å². The number of aliphatic hydroxyl groups is 1. The van der Waals surface area contributed by atoms with E-state index < -0.39 is 6.10 Å². The standard InChI is InChI=1S/C20H40N2O2/c1-4-5-13-22-20(24)17(15(2)3)14-19(23)18(21)12-11-16-9-7-6-8-10-16/h15-19,23H,4-14,21H2,1-3H3,(H,22,24). The Morgan fingerprint density at radius 3 is 2.50 bits per heavy atom. The van der Waals surface area contributed by atoms with E-state index in [1.165, 1.54) is 32.1 Å². The van der Waals surface area contributed by atoms with Gasteiger partial charge in [0.15, 0.2) is 0 Å². The van der Waals surface area contributed by atoms with E-state index >= 15 is 0 Å². The summed E-state index contributed by atoms with van der Waals surface area (Å²) in [5.74, 6) is 0.914. The van der Waals surface area contributed by atoms with E-state index in [1.807, 2.05) is 13.8 Å². The molecule has 0 spiro atoms. The number of hydrogen-bond acceptors (Lipinski definition) is 3. The fourth-order valence-corrected chi connectivity index (χ4v) is 3.73. The highest BCUT2D eigenvalue weighted by molar-refractivity contribution is 5.78. The number of nitrogens with one attached hydrogen (secondary N) is 1. The van der Waals surface area contributed by atoms with E-state index in [4.69, 9.17) is 5.73 Å². The van der Waals surface area contributed by atoms with Crippen LogP contribution >= 0.6 is 0 Å². The molecule has 1 aliphatic rings. The fourth-order valence-electron chi connectivity index (χ4n) is 3.73. The molecule has 0 bridgehead atoms. The molecule has 1 saturated carbocycles. The molecule has 1 fully saturated rings. The molecule has 0 aromatic rings. The fraction of sp³-hybridized carbons (Fsp3) is 0.950. The van der Waals surface area contributed by atoms with E-state index in [0.29, 0.717) is 6.42 Å². The zero-order chi connectivity index (χ0) is 17.9. The minimum absolute atomic E-state index is 0.0666. The third-order valence-corrected chi connectivity index (χ3v) is 5.59. The monoisotopic (exact) mass is 340 g/mol. The Bertz CT molecular complexity index is 341. The summed E-state index contributed by atoms with van der Waals surface area (Å²) >= 11 is 0. The Balaban J connectivity index is 2.38. The van der Waals surface area contributed by atoms with Crippen molar-refractivity contribution < 1.29 is 9.90 Å². The van der Waals surface area contributed by atoms with E-state index in [2.05, 4.69) is 12.2 Å². The highest BCUT2D eigenvalue weighted by Gasteiger charge is 2.28. The molecule has 1 aliphatic carbocycles. The van der Waals surface area contributed by atoms with Crippen molar-refractivity contribution in [1.29, 1.82) is 0 Å². The Kier molecular flexibility index (Phi) is 10.6. The van der Waals surface area contributed by atoms with Crippen LogP contribution in [0.3, 0.4) is 0 Å². The highest BCUT2D eigenvalue weighted by atomic mass is 16.3. The van der Waals surface area contributed by atoms with Crippen LogP contribution in [0.15, 0.2) is 0 Å².